The topological polar surface area (TPSA) is 56.2 Å². The Balaban J connectivity index is 1.51. The maximum atomic E-state index is 12.1. The summed E-state index contributed by atoms with van der Waals surface area (Å²) in [5, 5.41) is 7.88. The van der Waals surface area contributed by atoms with Crippen LogP contribution in [0.1, 0.15) is 18.4 Å². The molecule has 1 amide bonds. The molecule has 0 radical (unpaired) electrons. The van der Waals surface area contributed by atoms with Gasteiger partial charge < -0.3 is 10.1 Å². The molecule has 1 fully saturated rings. The lowest BCUT2D eigenvalue weighted by molar-refractivity contribution is -0.115. The summed E-state index contributed by atoms with van der Waals surface area (Å²) in [7, 11) is 0. The minimum atomic E-state index is -0.0575. The van der Waals surface area contributed by atoms with Crippen LogP contribution in [0.25, 0.3) is 0 Å². The van der Waals surface area contributed by atoms with Crippen molar-refractivity contribution in [3.8, 4) is 0 Å². The quantitative estimate of drug-likeness (QED) is 0.914. The van der Waals surface area contributed by atoms with Gasteiger partial charge in [0.25, 0.3) is 0 Å². The Labute approximate surface area is 140 Å². The van der Waals surface area contributed by atoms with Gasteiger partial charge in [0.1, 0.15) is 0 Å². The molecule has 0 aliphatic carbocycles. The van der Waals surface area contributed by atoms with Gasteiger partial charge in [0.15, 0.2) is 0 Å². The van der Waals surface area contributed by atoms with Crippen molar-refractivity contribution in [1.29, 1.82) is 0 Å². The second-order valence-electron chi connectivity index (χ2n) is 5.86. The molecule has 1 aromatic carbocycles. The van der Waals surface area contributed by atoms with Crippen LogP contribution < -0.4 is 5.32 Å². The van der Waals surface area contributed by atoms with E-state index in [2.05, 4.69) is 10.4 Å². The van der Waals surface area contributed by atoms with Gasteiger partial charge in [0.2, 0.25) is 5.91 Å². The number of ether oxygens (including phenoxy) is 1. The molecule has 1 N–H and O–H groups in total. The van der Waals surface area contributed by atoms with E-state index < -0.39 is 0 Å². The van der Waals surface area contributed by atoms with Gasteiger partial charge in [-0.2, -0.15) is 5.10 Å². The van der Waals surface area contributed by atoms with Crippen LogP contribution in [0.15, 0.2) is 36.7 Å². The van der Waals surface area contributed by atoms with Crippen LogP contribution in [0.2, 0.25) is 5.02 Å². The molecular formula is C17H20ClN3O2. The van der Waals surface area contributed by atoms with E-state index in [-0.39, 0.29) is 5.91 Å². The third kappa shape index (κ3) is 4.81. The van der Waals surface area contributed by atoms with E-state index in [0.29, 0.717) is 17.4 Å². The molecule has 3 rings (SSSR count). The average molecular weight is 334 g/mol. The molecule has 1 saturated heterocycles. The van der Waals surface area contributed by atoms with Crippen molar-refractivity contribution in [2.45, 2.75) is 25.8 Å². The second kappa shape index (κ2) is 7.62. The van der Waals surface area contributed by atoms with E-state index in [1.807, 2.05) is 23.0 Å². The Morgan fingerprint density at radius 3 is 2.78 bits per heavy atom. The maximum Gasteiger partial charge on any atom is 0.228 e. The number of rotatable bonds is 5. The highest BCUT2D eigenvalue weighted by Crippen LogP contribution is 2.17. The largest absolute Gasteiger partial charge is 0.381 e. The Kier molecular flexibility index (Phi) is 5.31. The number of benzene rings is 1. The van der Waals surface area contributed by atoms with Gasteiger partial charge in [-0.05, 0) is 36.5 Å². The predicted octanol–water partition coefficient (Wildman–Crippen LogP) is 3.14. The first kappa shape index (κ1) is 16.0. The molecule has 2 heterocycles. The number of anilines is 1. The minimum absolute atomic E-state index is 0.0575. The standard InChI is InChI=1S/C17H20ClN3O2/c18-15-3-1-13(2-4-15)9-17(22)20-16-10-19-21(12-16)11-14-5-7-23-8-6-14/h1-4,10,12,14H,5-9,11H2,(H,20,22). The smallest absolute Gasteiger partial charge is 0.228 e. The lowest BCUT2D eigenvalue weighted by atomic mass is 10.0. The summed E-state index contributed by atoms with van der Waals surface area (Å²) in [5.74, 6) is 0.541. The molecule has 6 heteroatoms. The lowest BCUT2D eigenvalue weighted by Gasteiger charge is -2.21. The van der Waals surface area contributed by atoms with Crippen molar-refractivity contribution < 1.29 is 9.53 Å². The maximum absolute atomic E-state index is 12.1. The van der Waals surface area contributed by atoms with Crippen molar-refractivity contribution in [2.24, 2.45) is 5.92 Å². The van der Waals surface area contributed by atoms with Crippen molar-refractivity contribution in [3.63, 3.8) is 0 Å². The molecule has 0 unspecified atom stereocenters. The zero-order valence-electron chi connectivity index (χ0n) is 12.9. The predicted molar refractivity (Wildman–Crippen MR) is 89.6 cm³/mol. The summed E-state index contributed by atoms with van der Waals surface area (Å²) in [6.07, 6.45) is 6.03. The first-order chi connectivity index (χ1) is 11.2. The fourth-order valence-corrected chi connectivity index (χ4v) is 2.84. The van der Waals surface area contributed by atoms with E-state index in [0.717, 1.165) is 43.9 Å². The monoisotopic (exact) mass is 333 g/mol. The third-order valence-electron chi connectivity index (χ3n) is 3.98. The highest BCUT2D eigenvalue weighted by Gasteiger charge is 2.15. The molecule has 0 atom stereocenters. The summed E-state index contributed by atoms with van der Waals surface area (Å²) in [6.45, 7) is 2.53. The van der Waals surface area contributed by atoms with E-state index in [9.17, 15) is 4.79 Å². The van der Waals surface area contributed by atoms with E-state index in [4.69, 9.17) is 16.3 Å². The normalized spacial score (nSPS) is 15.5. The van der Waals surface area contributed by atoms with Crippen molar-refractivity contribution >= 4 is 23.2 Å². The molecule has 1 aromatic heterocycles. The fourth-order valence-electron chi connectivity index (χ4n) is 2.71. The first-order valence-corrected chi connectivity index (χ1v) is 8.21. The highest BCUT2D eigenvalue weighted by atomic mass is 35.5. The lowest BCUT2D eigenvalue weighted by Crippen LogP contribution is -2.20. The number of carbonyl (C=O) groups is 1. The first-order valence-electron chi connectivity index (χ1n) is 7.83. The summed E-state index contributed by atoms with van der Waals surface area (Å²) in [4.78, 5) is 12.1. The molecule has 1 aliphatic heterocycles. The number of nitrogens with zero attached hydrogens (tertiary/aromatic N) is 2. The SMILES string of the molecule is O=C(Cc1ccc(Cl)cc1)Nc1cnn(CC2CCOCC2)c1. The van der Waals surface area contributed by atoms with E-state index >= 15 is 0 Å². The van der Waals surface area contributed by atoms with Gasteiger partial charge in [-0.15, -0.1) is 0 Å². The van der Waals surface area contributed by atoms with Gasteiger partial charge in [-0.25, -0.2) is 0 Å². The highest BCUT2D eigenvalue weighted by molar-refractivity contribution is 6.30. The molecule has 1 aliphatic rings. The fraction of sp³-hybridized carbons (Fsp3) is 0.412. The Morgan fingerprint density at radius 2 is 2.04 bits per heavy atom. The number of halogens is 1. The summed E-state index contributed by atoms with van der Waals surface area (Å²) in [5.41, 5.74) is 1.66. The van der Waals surface area contributed by atoms with Gasteiger partial charge in [-0.1, -0.05) is 23.7 Å². The van der Waals surface area contributed by atoms with Gasteiger partial charge in [-0.3, -0.25) is 9.48 Å². The number of nitrogens with one attached hydrogen (secondary N) is 1. The van der Waals surface area contributed by atoms with E-state index in [1.54, 1.807) is 18.3 Å². The molecule has 122 valence electrons. The molecule has 0 bridgehead atoms. The van der Waals surface area contributed by atoms with Gasteiger partial charge in [0.05, 0.1) is 18.3 Å². The number of carbonyl (C=O) groups excluding carboxylic acids is 1. The van der Waals surface area contributed by atoms with Crippen molar-refractivity contribution in [3.05, 3.63) is 47.2 Å². The Morgan fingerprint density at radius 1 is 1.30 bits per heavy atom. The van der Waals surface area contributed by atoms with Crippen LogP contribution in [0.3, 0.4) is 0 Å². The zero-order valence-corrected chi connectivity index (χ0v) is 13.6. The van der Waals surface area contributed by atoms with Gasteiger partial charge in [0, 0.05) is 31.0 Å². The minimum Gasteiger partial charge on any atom is -0.381 e. The van der Waals surface area contributed by atoms with Crippen LogP contribution in [0.4, 0.5) is 5.69 Å². The third-order valence-corrected chi connectivity index (χ3v) is 4.23. The summed E-state index contributed by atoms with van der Waals surface area (Å²) in [6, 6.07) is 7.29. The van der Waals surface area contributed by atoms with E-state index in [1.165, 1.54) is 0 Å². The number of aromatic nitrogens is 2. The molecule has 5 nitrogen and oxygen atoms in total. The van der Waals surface area contributed by atoms with Crippen LogP contribution in [0.5, 0.6) is 0 Å². The Bertz CT molecular complexity index is 648. The summed E-state index contributed by atoms with van der Waals surface area (Å²) >= 11 is 5.84. The number of hydrogen-bond donors (Lipinski definition) is 1. The van der Waals surface area contributed by atoms with Crippen molar-refractivity contribution in [1.82, 2.24) is 9.78 Å². The van der Waals surface area contributed by atoms with Gasteiger partial charge >= 0.3 is 0 Å². The number of hydrogen-bond acceptors (Lipinski definition) is 3. The molecule has 0 spiro atoms. The van der Waals surface area contributed by atoms with Crippen LogP contribution in [0, 0.1) is 5.92 Å². The van der Waals surface area contributed by atoms with Crippen LogP contribution in [-0.2, 0) is 22.5 Å². The Hall–Kier alpha value is -1.85. The summed E-state index contributed by atoms with van der Waals surface area (Å²) < 4.78 is 7.26. The zero-order chi connectivity index (χ0) is 16.1. The molecule has 2 aromatic rings. The van der Waals surface area contributed by atoms with Crippen LogP contribution in [-0.4, -0.2) is 28.9 Å². The second-order valence-corrected chi connectivity index (χ2v) is 6.29. The number of amides is 1. The molecule has 23 heavy (non-hydrogen) atoms. The van der Waals surface area contributed by atoms with Crippen LogP contribution >= 0.6 is 11.6 Å². The molecule has 0 saturated carbocycles. The molecular weight excluding hydrogens is 314 g/mol. The van der Waals surface area contributed by atoms with Crippen molar-refractivity contribution in [2.75, 3.05) is 18.5 Å². The average Bonchev–Trinajstić information content (AvgIpc) is 2.97.